The minimum Gasteiger partial charge on any atom is -0.336 e. The highest BCUT2D eigenvalue weighted by Crippen LogP contribution is 2.18. The molecule has 0 bridgehead atoms. The Morgan fingerprint density at radius 1 is 1.37 bits per heavy atom. The Bertz CT molecular complexity index is 439. The van der Waals surface area contributed by atoms with Gasteiger partial charge in [-0.1, -0.05) is 25.0 Å². The quantitative estimate of drug-likeness (QED) is 0.530. The zero-order valence-electron chi connectivity index (χ0n) is 12.2. The van der Waals surface area contributed by atoms with Gasteiger partial charge in [0, 0.05) is 26.0 Å². The van der Waals surface area contributed by atoms with E-state index in [1.807, 2.05) is 38.2 Å². The molecule has 0 aliphatic carbocycles. The third kappa shape index (κ3) is 5.24. The summed E-state index contributed by atoms with van der Waals surface area (Å²) in [6.07, 6.45) is 6.88. The average Bonchev–Trinajstić information content (AvgIpc) is 2.66. The van der Waals surface area contributed by atoms with Crippen molar-refractivity contribution >= 4 is 10.1 Å². The molecule has 0 saturated heterocycles. The van der Waals surface area contributed by atoms with Gasteiger partial charge >= 0.3 is 0 Å². The smallest absolute Gasteiger partial charge is 0.274 e. The number of unbranched alkanes of at least 4 members (excludes halogenated alkanes) is 1. The predicted molar refractivity (Wildman–Crippen MR) is 76.6 cm³/mol. The Morgan fingerprint density at radius 3 is 2.63 bits per heavy atom. The van der Waals surface area contributed by atoms with Gasteiger partial charge in [0.15, 0.2) is 0 Å². The van der Waals surface area contributed by atoms with E-state index in [0.29, 0.717) is 0 Å². The molecule has 1 aliphatic heterocycles. The second kappa shape index (κ2) is 6.96. The van der Waals surface area contributed by atoms with Gasteiger partial charge in [0.25, 0.3) is 10.1 Å². The fourth-order valence-electron chi connectivity index (χ4n) is 1.66. The summed E-state index contributed by atoms with van der Waals surface area (Å²) in [6, 6.07) is 0. The predicted octanol–water partition coefficient (Wildman–Crippen LogP) is 2.10. The molecule has 1 unspecified atom stereocenters. The van der Waals surface area contributed by atoms with Gasteiger partial charge in [-0.25, -0.2) is 4.18 Å². The second-order valence-corrected chi connectivity index (χ2v) is 6.62. The molecule has 1 rings (SSSR count). The fourth-order valence-corrected chi connectivity index (χ4v) is 2.78. The lowest BCUT2D eigenvalue weighted by Gasteiger charge is -2.29. The van der Waals surface area contributed by atoms with E-state index in [1.165, 1.54) is 0 Å². The maximum absolute atomic E-state index is 11.9. The lowest BCUT2D eigenvalue weighted by molar-refractivity contribution is -0.00852. The second-order valence-electron chi connectivity index (χ2n) is 4.98. The summed E-state index contributed by atoms with van der Waals surface area (Å²) < 4.78 is 29.1. The van der Waals surface area contributed by atoms with E-state index in [2.05, 4.69) is 6.92 Å². The first-order chi connectivity index (χ1) is 8.85. The van der Waals surface area contributed by atoms with E-state index in [0.717, 1.165) is 25.0 Å². The van der Waals surface area contributed by atoms with Crippen molar-refractivity contribution in [2.24, 2.45) is 0 Å². The van der Waals surface area contributed by atoms with Crippen molar-refractivity contribution < 1.29 is 12.6 Å². The van der Waals surface area contributed by atoms with Gasteiger partial charge in [0.05, 0.1) is 5.75 Å². The minimum absolute atomic E-state index is 0.0821. The van der Waals surface area contributed by atoms with Crippen molar-refractivity contribution in [3.05, 3.63) is 24.0 Å². The highest BCUT2D eigenvalue weighted by Gasteiger charge is 2.28. The van der Waals surface area contributed by atoms with Crippen LogP contribution in [0.25, 0.3) is 0 Å². The summed E-state index contributed by atoms with van der Waals surface area (Å²) in [7, 11) is -1.74. The summed E-state index contributed by atoms with van der Waals surface area (Å²) in [5.41, 5.74) is 0.966. The highest BCUT2D eigenvalue weighted by molar-refractivity contribution is 7.86. The standard InChI is InChI=1S/C13H24N2O3S/c1-5-6-8-15-10-9-14(4)13(15)18-19(16,17)11-7-12(2)3/h7,9-10,13H,5-6,8,11H2,1-4H3. The molecular weight excluding hydrogens is 264 g/mol. The molecule has 1 heterocycles. The van der Waals surface area contributed by atoms with E-state index in [1.54, 1.807) is 11.0 Å². The van der Waals surface area contributed by atoms with Gasteiger partial charge in [-0.05, 0) is 20.3 Å². The highest BCUT2D eigenvalue weighted by atomic mass is 32.2. The van der Waals surface area contributed by atoms with E-state index in [4.69, 9.17) is 4.18 Å². The Hall–Kier alpha value is -1.01. The van der Waals surface area contributed by atoms with Crippen LogP contribution in [0.3, 0.4) is 0 Å². The van der Waals surface area contributed by atoms with Crippen LogP contribution in [0, 0.1) is 0 Å². The van der Waals surface area contributed by atoms with Gasteiger partial charge in [-0.2, -0.15) is 8.42 Å². The summed E-state index contributed by atoms with van der Waals surface area (Å²) in [5.74, 6) is -0.0821. The molecule has 1 aliphatic rings. The molecule has 1 atom stereocenters. The molecule has 0 saturated carbocycles. The Balaban J connectivity index is 2.65. The SMILES string of the molecule is CCCCN1C=CN(C)C1OS(=O)(=O)CC=C(C)C. The molecule has 6 heteroatoms. The molecule has 0 aromatic heterocycles. The number of hydrogen-bond acceptors (Lipinski definition) is 5. The third-order valence-corrected chi connectivity index (χ3v) is 3.86. The molecule has 0 fully saturated rings. The molecule has 19 heavy (non-hydrogen) atoms. The maximum Gasteiger partial charge on any atom is 0.274 e. The van der Waals surface area contributed by atoms with Crippen LogP contribution in [0.4, 0.5) is 0 Å². The van der Waals surface area contributed by atoms with Gasteiger partial charge in [0.1, 0.15) is 0 Å². The van der Waals surface area contributed by atoms with E-state index in [-0.39, 0.29) is 5.75 Å². The van der Waals surface area contributed by atoms with E-state index in [9.17, 15) is 8.42 Å². The van der Waals surface area contributed by atoms with Crippen LogP contribution in [0.15, 0.2) is 24.0 Å². The first kappa shape index (κ1) is 16.0. The van der Waals surface area contributed by atoms with Crippen molar-refractivity contribution in [2.75, 3.05) is 19.3 Å². The van der Waals surface area contributed by atoms with Crippen molar-refractivity contribution in [2.45, 2.75) is 40.0 Å². The summed E-state index contributed by atoms with van der Waals surface area (Å²) in [5, 5.41) is 0. The van der Waals surface area contributed by atoms with Crippen LogP contribution in [-0.2, 0) is 14.3 Å². The zero-order valence-corrected chi connectivity index (χ0v) is 13.0. The van der Waals surface area contributed by atoms with Crippen molar-refractivity contribution in [1.82, 2.24) is 9.80 Å². The van der Waals surface area contributed by atoms with Crippen molar-refractivity contribution in [3.8, 4) is 0 Å². The van der Waals surface area contributed by atoms with Crippen LogP contribution >= 0.6 is 0 Å². The summed E-state index contributed by atoms with van der Waals surface area (Å²) >= 11 is 0. The van der Waals surface area contributed by atoms with Gasteiger partial charge < -0.3 is 9.80 Å². The summed E-state index contributed by atoms with van der Waals surface area (Å²) in [4.78, 5) is 3.67. The molecular formula is C13H24N2O3S. The van der Waals surface area contributed by atoms with Gasteiger partial charge in [0.2, 0.25) is 6.35 Å². The van der Waals surface area contributed by atoms with E-state index < -0.39 is 16.5 Å². The van der Waals surface area contributed by atoms with E-state index >= 15 is 0 Å². The molecule has 0 radical (unpaired) electrons. The molecule has 0 aromatic rings. The number of rotatable bonds is 7. The Kier molecular flexibility index (Phi) is 5.87. The number of nitrogens with zero attached hydrogens (tertiary/aromatic N) is 2. The topological polar surface area (TPSA) is 49.9 Å². The minimum atomic E-state index is -3.55. The Morgan fingerprint density at radius 2 is 2.05 bits per heavy atom. The molecule has 0 spiro atoms. The lowest BCUT2D eigenvalue weighted by atomic mass is 10.3. The van der Waals surface area contributed by atoms with Crippen LogP contribution in [0.1, 0.15) is 33.6 Å². The number of hydrogen-bond donors (Lipinski definition) is 0. The van der Waals surface area contributed by atoms with Crippen LogP contribution in [0.2, 0.25) is 0 Å². The van der Waals surface area contributed by atoms with Crippen LogP contribution < -0.4 is 0 Å². The number of allylic oxidation sites excluding steroid dienone is 1. The maximum atomic E-state index is 11.9. The largest absolute Gasteiger partial charge is 0.336 e. The van der Waals surface area contributed by atoms with Crippen LogP contribution in [0.5, 0.6) is 0 Å². The van der Waals surface area contributed by atoms with Crippen molar-refractivity contribution in [3.63, 3.8) is 0 Å². The molecule has 0 N–H and O–H groups in total. The lowest BCUT2D eigenvalue weighted by Crippen LogP contribution is -2.41. The van der Waals surface area contributed by atoms with Crippen molar-refractivity contribution in [1.29, 1.82) is 0 Å². The Labute approximate surface area is 116 Å². The molecule has 110 valence electrons. The van der Waals surface area contributed by atoms with Crippen LogP contribution in [-0.4, -0.2) is 43.9 Å². The first-order valence-corrected chi connectivity index (χ1v) is 8.14. The normalized spacial score (nSPS) is 19.1. The average molecular weight is 288 g/mol. The monoisotopic (exact) mass is 288 g/mol. The zero-order chi connectivity index (χ0) is 14.5. The molecule has 0 amide bonds. The molecule has 5 nitrogen and oxygen atoms in total. The fraction of sp³-hybridized carbons (Fsp3) is 0.692. The van der Waals surface area contributed by atoms with Gasteiger partial charge in [-0.15, -0.1) is 0 Å². The molecule has 0 aromatic carbocycles. The first-order valence-electron chi connectivity index (χ1n) is 6.56. The van der Waals surface area contributed by atoms with Gasteiger partial charge in [-0.3, -0.25) is 0 Å². The summed E-state index contributed by atoms with van der Waals surface area (Å²) in [6.45, 7) is 6.63. The third-order valence-electron chi connectivity index (χ3n) is 2.82.